The number of para-hydroxylation sites is 1. The molecule has 0 fully saturated rings. The van der Waals surface area contributed by atoms with Crippen LogP contribution in [0.2, 0.25) is 0 Å². The number of rotatable bonds is 6. The molecule has 1 N–H and O–H groups in total. The summed E-state index contributed by atoms with van der Waals surface area (Å²) in [5, 5.41) is 9.47. The van der Waals surface area contributed by atoms with Crippen molar-refractivity contribution in [3.05, 3.63) is 30.0 Å². The fourth-order valence-electron chi connectivity index (χ4n) is 2.54. The Kier molecular flexibility index (Phi) is 4.59. The van der Waals surface area contributed by atoms with Gasteiger partial charge in [0, 0.05) is 25.0 Å². The molecule has 0 aliphatic rings. The van der Waals surface area contributed by atoms with Crippen molar-refractivity contribution >= 4 is 10.9 Å². The van der Waals surface area contributed by atoms with Crippen LogP contribution in [-0.4, -0.2) is 15.8 Å². The SMILES string of the molecule is CCC(C)CC(C)NCc1nn(C)c2ccccc12. The first-order chi connectivity index (χ1) is 9.11. The Labute approximate surface area is 116 Å². The van der Waals surface area contributed by atoms with Gasteiger partial charge in [-0.05, 0) is 25.3 Å². The highest BCUT2D eigenvalue weighted by Gasteiger charge is 2.10. The van der Waals surface area contributed by atoms with Crippen molar-refractivity contribution < 1.29 is 0 Å². The Morgan fingerprint density at radius 2 is 2.00 bits per heavy atom. The van der Waals surface area contributed by atoms with Crippen molar-refractivity contribution in [3.8, 4) is 0 Å². The number of benzene rings is 1. The number of nitrogens with zero attached hydrogens (tertiary/aromatic N) is 2. The average Bonchev–Trinajstić information content (AvgIpc) is 2.74. The van der Waals surface area contributed by atoms with Crippen LogP contribution in [-0.2, 0) is 13.6 Å². The second-order valence-electron chi connectivity index (χ2n) is 5.62. The van der Waals surface area contributed by atoms with Gasteiger partial charge in [0.1, 0.15) is 0 Å². The topological polar surface area (TPSA) is 29.9 Å². The van der Waals surface area contributed by atoms with Crippen molar-refractivity contribution in [3.63, 3.8) is 0 Å². The van der Waals surface area contributed by atoms with Crippen molar-refractivity contribution in [2.45, 2.75) is 46.2 Å². The third-order valence-electron chi connectivity index (χ3n) is 3.91. The standard InChI is InChI=1S/C16H25N3/c1-5-12(2)10-13(3)17-11-15-14-8-6-7-9-16(14)19(4)18-15/h6-9,12-13,17H,5,10-11H2,1-4H3. The number of hydrogen-bond donors (Lipinski definition) is 1. The average molecular weight is 259 g/mol. The van der Waals surface area contributed by atoms with Crippen LogP contribution < -0.4 is 5.32 Å². The Bertz CT molecular complexity index is 530. The molecule has 3 nitrogen and oxygen atoms in total. The highest BCUT2D eigenvalue weighted by Crippen LogP contribution is 2.17. The molecule has 0 radical (unpaired) electrons. The Morgan fingerprint density at radius 1 is 1.26 bits per heavy atom. The minimum Gasteiger partial charge on any atom is -0.309 e. The molecular weight excluding hydrogens is 234 g/mol. The smallest absolute Gasteiger partial charge is 0.0841 e. The number of aryl methyl sites for hydroxylation is 1. The van der Waals surface area contributed by atoms with E-state index < -0.39 is 0 Å². The summed E-state index contributed by atoms with van der Waals surface area (Å²) in [4.78, 5) is 0. The normalized spacial score (nSPS) is 14.7. The Morgan fingerprint density at radius 3 is 2.74 bits per heavy atom. The van der Waals surface area contributed by atoms with E-state index in [-0.39, 0.29) is 0 Å². The number of fused-ring (bicyclic) bond motifs is 1. The minimum absolute atomic E-state index is 0.538. The second-order valence-corrected chi connectivity index (χ2v) is 5.62. The van der Waals surface area contributed by atoms with Crippen molar-refractivity contribution in [2.24, 2.45) is 13.0 Å². The number of aromatic nitrogens is 2. The predicted octanol–water partition coefficient (Wildman–Crippen LogP) is 3.49. The number of hydrogen-bond acceptors (Lipinski definition) is 2. The molecule has 3 heteroatoms. The molecule has 0 aliphatic carbocycles. The molecule has 0 amide bonds. The molecule has 2 rings (SSSR count). The van der Waals surface area contributed by atoms with Crippen molar-refractivity contribution in [2.75, 3.05) is 0 Å². The molecule has 1 aromatic carbocycles. The number of nitrogens with one attached hydrogen (secondary N) is 1. The molecule has 1 aromatic heterocycles. The van der Waals surface area contributed by atoms with Crippen molar-refractivity contribution in [1.82, 2.24) is 15.1 Å². The summed E-state index contributed by atoms with van der Waals surface area (Å²) >= 11 is 0. The summed E-state index contributed by atoms with van der Waals surface area (Å²) in [5.74, 6) is 0.781. The van der Waals surface area contributed by atoms with Crippen LogP contribution in [0.15, 0.2) is 24.3 Å². The van der Waals surface area contributed by atoms with Gasteiger partial charge in [-0.25, -0.2) is 0 Å². The van der Waals surface area contributed by atoms with Gasteiger partial charge >= 0.3 is 0 Å². The molecule has 104 valence electrons. The van der Waals surface area contributed by atoms with Crippen LogP contribution in [0.25, 0.3) is 10.9 Å². The molecule has 2 atom stereocenters. The lowest BCUT2D eigenvalue weighted by Crippen LogP contribution is -2.27. The maximum atomic E-state index is 4.62. The highest BCUT2D eigenvalue weighted by atomic mass is 15.3. The maximum absolute atomic E-state index is 4.62. The van der Waals surface area contributed by atoms with E-state index in [0.29, 0.717) is 6.04 Å². The molecular formula is C16H25N3. The lowest BCUT2D eigenvalue weighted by Gasteiger charge is -2.16. The van der Waals surface area contributed by atoms with Gasteiger partial charge in [-0.3, -0.25) is 4.68 Å². The van der Waals surface area contributed by atoms with Crippen LogP contribution in [0.5, 0.6) is 0 Å². The fraction of sp³-hybridized carbons (Fsp3) is 0.562. The molecule has 0 saturated carbocycles. The van der Waals surface area contributed by atoms with Gasteiger partial charge in [0.2, 0.25) is 0 Å². The summed E-state index contributed by atoms with van der Waals surface area (Å²) in [6.45, 7) is 7.67. The molecule has 19 heavy (non-hydrogen) atoms. The third kappa shape index (κ3) is 3.35. The Balaban J connectivity index is 2.02. The minimum atomic E-state index is 0.538. The molecule has 0 bridgehead atoms. The summed E-state index contributed by atoms with van der Waals surface area (Å²) in [5.41, 5.74) is 2.35. The molecule has 0 saturated heterocycles. The van der Waals surface area contributed by atoms with E-state index in [1.807, 2.05) is 11.7 Å². The van der Waals surface area contributed by atoms with Crippen LogP contribution >= 0.6 is 0 Å². The molecule has 0 spiro atoms. The van der Waals surface area contributed by atoms with Gasteiger partial charge in [-0.2, -0.15) is 5.10 Å². The van der Waals surface area contributed by atoms with Crippen LogP contribution in [0.1, 0.15) is 39.3 Å². The highest BCUT2D eigenvalue weighted by molar-refractivity contribution is 5.81. The van der Waals surface area contributed by atoms with E-state index in [0.717, 1.165) is 18.2 Å². The fourth-order valence-corrected chi connectivity index (χ4v) is 2.54. The summed E-state index contributed by atoms with van der Waals surface area (Å²) < 4.78 is 1.96. The maximum Gasteiger partial charge on any atom is 0.0841 e. The first-order valence-electron chi connectivity index (χ1n) is 7.25. The second kappa shape index (κ2) is 6.20. The van der Waals surface area contributed by atoms with Crippen LogP contribution in [0.4, 0.5) is 0 Å². The van der Waals surface area contributed by atoms with Gasteiger partial charge in [-0.15, -0.1) is 0 Å². The first kappa shape index (κ1) is 14.1. The largest absolute Gasteiger partial charge is 0.309 e. The van der Waals surface area contributed by atoms with E-state index in [1.54, 1.807) is 0 Å². The van der Waals surface area contributed by atoms with E-state index in [2.05, 4.69) is 55.5 Å². The predicted molar refractivity (Wildman–Crippen MR) is 81.1 cm³/mol. The Hall–Kier alpha value is -1.35. The zero-order valence-corrected chi connectivity index (χ0v) is 12.5. The molecule has 0 aliphatic heterocycles. The van der Waals surface area contributed by atoms with E-state index in [4.69, 9.17) is 0 Å². The van der Waals surface area contributed by atoms with Gasteiger partial charge in [0.25, 0.3) is 0 Å². The van der Waals surface area contributed by atoms with E-state index >= 15 is 0 Å². The van der Waals surface area contributed by atoms with Gasteiger partial charge in [0.05, 0.1) is 11.2 Å². The van der Waals surface area contributed by atoms with Gasteiger partial charge < -0.3 is 5.32 Å². The first-order valence-corrected chi connectivity index (χ1v) is 7.25. The third-order valence-corrected chi connectivity index (χ3v) is 3.91. The monoisotopic (exact) mass is 259 g/mol. The van der Waals surface area contributed by atoms with Gasteiger partial charge in [-0.1, -0.05) is 38.5 Å². The molecule has 1 heterocycles. The summed E-state index contributed by atoms with van der Waals surface area (Å²) in [6, 6.07) is 8.95. The summed E-state index contributed by atoms with van der Waals surface area (Å²) in [7, 11) is 2.01. The van der Waals surface area contributed by atoms with Crippen LogP contribution in [0, 0.1) is 5.92 Å². The molecule has 2 aromatic rings. The van der Waals surface area contributed by atoms with Gasteiger partial charge in [0.15, 0.2) is 0 Å². The lowest BCUT2D eigenvalue weighted by molar-refractivity contribution is 0.410. The molecule has 2 unspecified atom stereocenters. The van der Waals surface area contributed by atoms with E-state index in [9.17, 15) is 0 Å². The lowest BCUT2D eigenvalue weighted by atomic mass is 10.0. The zero-order chi connectivity index (χ0) is 13.8. The van der Waals surface area contributed by atoms with E-state index in [1.165, 1.54) is 23.7 Å². The van der Waals surface area contributed by atoms with Crippen LogP contribution in [0.3, 0.4) is 0 Å². The quantitative estimate of drug-likeness (QED) is 0.860. The summed E-state index contributed by atoms with van der Waals surface area (Å²) in [6.07, 6.45) is 2.47. The van der Waals surface area contributed by atoms with Crippen molar-refractivity contribution in [1.29, 1.82) is 0 Å². The zero-order valence-electron chi connectivity index (χ0n) is 12.5.